The molecule has 2 heterocycles. The fourth-order valence-electron chi connectivity index (χ4n) is 4.15. The molecule has 2 unspecified atom stereocenters. The van der Waals surface area contributed by atoms with Gasteiger partial charge in [0.05, 0.1) is 30.8 Å². The largest absolute Gasteiger partial charge is 0.497 e. The van der Waals surface area contributed by atoms with Crippen LogP contribution in [0.1, 0.15) is 50.8 Å². The number of benzene rings is 2. The number of rotatable bonds is 9. The number of carbonyl (C=O) groups is 2. The van der Waals surface area contributed by atoms with Crippen molar-refractivity contribution in [2.45, 2.75) is 52.3 Å². The van der Waals surface area contributed by atoms with E-state index in [0.717, 1.165) is 28.4 Å². The standard InChI is InChI=1S/C28H31N3O4S/c1-5-18(2)29-24(32)15-22-17-36-28-30-19(3)25(27(33)35-16-20-10-7-6-8-11-20)26(31(22)28)21-12-9-13-23(14-21)34-4/h6-14,17-18,26H,5,15-16H2,1-4H3,(H,29,32). The van der Waals surface area contributed by atoms with Gasteiger partial charge in [-0.05, 0) is 48.9 Å². The van der Waals surface area contributed by atoms with Gasteiger partial charge in [-0.3, -0.25) is 4.79 Å². The minimum Gasteiger partial charge on any atom is -0.497 e. The summed E-state index contributed by atoms with van der Waals surface area (Å²) in [4.78, 5) is 33.0. The average molecular weight is 506 g/mol. The number of fused-ring (bicyclic) bond motifs is 1. The van der Waals surface area contributed by atoms with Crippen LogP contribution in [-0.4, -0.2) is 35.1 Å². The SMILES string of the molecule is CCC(C)NC(=O)CC1=CSC2=NC(C)=C(C(=O)OCc3ccccc3)C(c3cccc(OC)c3)N12. The molecular formula is C28H31N3O4S. The Morgan fingerprint density at radius 3 is 2.67 bits per heavy atom. The smallest absolute Gasteiger partial charge is 0.338 e. The molecule has 0 fully saturated rings. The Bertz CT molecular complexity index is 1220. The molecule has 4 rings (SSSR count). The predicted octanol–water partition coefficient (Wildman–Crippen LogP) is 5.32. The second kappa shape index (κ2) is 11.5. The Morgan fingerprint density at radius 1 is 1.17 bits per heavy atom. The Kier molecular flexibility index (Phi) is 8.15. The monoisotopic (exact) mass is 505 g/mol. The molecule has 0 aromatic heterocycles. The van der Waals surface area contributed by atoms with Crippen molar-refractivity contribution >= 4 is 28.8 Å². The number of methoxy groups -OCH3 is 1. The molecule has 7 nitrogen and oxygen atoms in total. The summed E-state index contributed by atoms with van der Waals surface area (Å²) >= 11 is 1.45. The zero-order valence-corrected chi connectivity index (χ0v) is 21.8. The highest BCUT2D eigenvalue weighted by molar-refractivity contribution is 8.16. The molecule has 36 heavy (non-hydrogen) atoms. The van der Waals surface area contributed by atoms with Crippen LogP contribution in [0.5, 0.6) is 5.75 Å². The minimum absolute atomic E-state index is 0.0682. The summed E-state index contributed by atoms with van der Waals surface area (Å²) in [7, 11) is 1.61. The quantitative estimate of drug-likeness (QED) is 0.465. The van der Waals surface area contributed by atoms with E-state index >= 15 is 0 Å². The molecule has 2 aromatic carbocycles. The number of esters is 1. The first-order chi connectivity index (χ1) is 17.4. The van der Waals surface area contributed by atoms with E-state index in [1.807, 2.05) is 85.7 Å². The number of carbonyl (C=O) groups excluding carboxylic acids is 2. The first kappa shape index (κ1) is 25.6. The third-order valence-electron chi connectivity index (χ3n) is 6.20. The van der Waals surface area contributed by atoms with Crippen molar-refractivity contribution in [1.29, 1.82) is 0 Å². The van der Waals surface area contributed by atoms with Crippen LogP contribution in [0.15, 0.2) is 82.0 Å². The van der Waals surface area contributed by atoms with Crippen LogP contribution in [0.4, 0.5) is 0 Å². The number of amidine groups is 1. The number of amides is 1. The normalized spacial score (nSPS) is 17.7. The maximum Gasteiger partial charge on any atom is 0.338 e. The van der Waals surface area contributed by atoms with Crippen LogP contribution < -0.4 is 10.1 Å². The zero-order valence-electron chi connectivity index (χ0n) is 21.0. The van der Waals surface area contributed by atoms with Crippen LogP contribution in [0, 0.1) is 0 Å². The summed E-state index contributed by atoms with van der Waals surface area (Å²) in [6.07, 6.45) is 1.03. The summed E-state index contributed by atoms with van der Waals surface area (Å²) in [5.41, 5.74) is 3.58. The van der Waals surface area contributed by atoms with E-state index in [0.29, 0.717) is 17.0 Å². The van der Waals surface area contributed by atoms with Gasteiger partial charge in [0.1, 0.15) is 12.4 Å². The third kappa shape index (κ3) is 5.65. The first-order valence-electron chi connectivity index (χ1n) is 12.0. The van der Waals surface area contributed by atoms with E-state index < -0.39 is 12.0 Å². The lowest BCUT2D eigenvalue weighted by Crippen LogP contribution is -2.39. The highest BCUT2D eigenvalue weighted by atomic mass is 32.2. The minimum atomic E-state index is -0.506. The van der Waals surface area contributed by atoms with Gasteiger partial charge in [-0.25, -0.2) is 9.79 Å². The third-order valence-corrected chi connectivity index (χ3v) is 7.09. The van der Waals surface area contributed by atoms with Gasteiger partial charge in [0.15, 0.2) is 5.17 Å². The Hall–Kier alpha value is -3.52. The second-order valence-corrected chi connectivity index (χ2v) is 9.62. The van der Waals surface area contributed by atoms with Crippen LogP contribution in [0.25, 0.3) is 0 Å². The Labute approximate surface area is 216 Å². The second-order valence-electron chi connectivity index (χ2n) is 8.78. The lowest BCUT2D eigenvalue weighted by Gasteiger charge is -2.36. The summed E-state index contributed by atoms with van der Waals surface area (Å²) in [5.74, 6) is 0.173. The number of hydrogen-bond acceptors (Lipinski definition) is 7. The van der Waals surface area contributed by atoms with E-state index in [1.165, 1.54) is 11.8 Å². The molecule has 0 bridgehead atoms. The molecule has 2 aromatic rings. The number of thioether (sulfide) groups is 1. The lowest BCUT2D eigenvalue weighted by molar-refractivity contribution is -0.141. The maximum atomic E-state index is 13.5. The number of hydrogen-bond donors (Lipinski definition) is 1. The van der Waals surface area contributed by atoms with E-state index in [-0.39, 0.29) is 25.0 Å². The van der Waals surface area contributed by atoms with Gasteiger partial charge in [-0.1, -0.05) is 61.2 Å². The van der Waals surface area contributed by atoms with Crippen LogP contribution in [-0.2, 0) is 20.9 Å². The number of aliphatic imine (C=N–C) groups is 1. The number of nitrogens with zero attached hydrogens (tertiary/aromatic N) is 2. The van der Waals surface area contributed by atoms with Crippen molar-refractivity contribution in [3.8, 4) is 5.75 Å². The van der Waals surface area contributed by atoms with Gasteiger partial charge in [-0.2, -0.15) is 0 Å². The van der Waals surface area contributed by atoms with Crippen molar-refractivity contribution in [3.63, 3.8) is 0 Å². The van der Waals surface area contributed by atoms with Crippen LogP contribution in [0.2, 0.25) is 0 Å². The summed E-state index contributed by atoms with van der Waals surface area (Å²) < 4.78 is 11.2. The summed E-state index contributed by atoms with van der Waals surface area (Å²) in [6, 6.07) is 16.8. The van der Waals surface area contributed by atoms with Gasteiger partial charge >= 0.3 is 5.97 Å². The molecule has 2 aliphatic rings. The number of ether oxygens (including phenoxy) is 2. The van der Waals surface area contributed by atoms with Gasteiger partial charge < -0.3 is 19.7 Å². The highest BCUT2D eigenvalue weighted by Gasteiger charge is 2.41. The average Bonchev–Trinajstić information content (AvgIpc) is 3.28. The fourth-order valence-corrected chi connectivity index (χ4v) is 5.12. The van der Waals surface area contributed by atoms with Gasteiger partial charge in [0.2, 0.25) is 5.91 Å². The van der Waals surface area contributed by atoms with Crippen molar-refractivity contribution in [2.75, 3.05) is 7.11 Å². The molecule has 1 amide bonds. The predicted molar refractivity (Wildman–Crippen MR) is 142 cm³/mol. The molecular weight excluding hydrogens is 474 g/mol. The van der Waals surface area contributed by atoms with Crippen LogP contribution in [0.3, 0.4) is 0 Å². The van der Waals surface area contributed by atoms with Crippen molar-refractivity contribution < 1.29 is 19.1 Å². The lowest BCUT2D eigenvalue weighted by atomic mass is 9.93. The molecule has 0 spiro atoms. The number of nitrogens with one attached hydrogen (secondary N) is 1. The van der Waals surface area contributed by atoms with Crippen LogP contribution >= 0.6 is 11.8 Å². The maximum absolute atomic E-state index is 13.5. The molecule has 188 valence electrons. The highest BCUT2D eigenvalue weighted by Crippen LogP contribution is 2.45. The molecule has 0 aliphatic carbocycles. The summed E-state index contributed by atoms with van der Waals surface area (Å²) in [6.45, 7) is 6.00. The molecule has 0 saturated carbocycles. The van der Waals surface area contributed by atoms with Gasteiger partial charge in [0.25, 0.3) is 0 Å². The fraction of sp³-hybridized carbons (Fsp3) is 0.321. The van der Waals surface area contributed by atoms with E-state index in [1.54, 1.807) is 7.11 Å². The Balaban J connectivity index is 1.68. The van der Waals surface area contributed by atoms with Gasteiger partial charge in [0, 0.05) is 11.7 Å². The van der Waals surface area contributed by atoms with Crippen molar-refractivity contribution in [2.24, 2.45) is 4.99 Å². The molecule has 0 saturated heterocycles. The topological polar surface area (TPSA) is 80.2 Å². The molecule has 0 radical (unpaired) electrons. The van der Waals surface area contributed by atoms with E-state index in [4.69, 9.17) is 14.5 Å². The number of allylic oxidation sites excluding steroid dienone is 1. The van der Waals surface area contributed by atoms with Crippen molar-refractivity contribution in [3.05, 3.63) is 88.1 Å². The van der Waals surface area contributed by atoms with E-state index in [9.17, 15) is 9.59 Å². The molecule has 2 aliphatic heterocycles. The zero-order chi connectivity index (χ0) is 25.7. The molecule has 2 atom stereocenters. The molecule has 8 heteroatoms. The summed E-state index contributed by atoms with van der Waals surface area (Å²) in [5, 5.41) is 5.69. The van der Waals surface area contributed by atoms with Gasteiger partial charge in [-0.15, -0.1) is 0 Å². The van der Waals surface area contributed by atoms with E-state index in [2.05, 4.69) is 5.32 Å². The Morgan fingerprint density at radius 2 is 1.94 bits per heavy atom. The first-order valence-corrected chi connectivity index (χ1v) is 12.9. The van der Waals surface area contributed by atoms with Crippen molar-refractivity contribution in [1.82, 2.24) is 10.2 Å². The molecule has 1 N–H and O–H groups in total.